The lowest BCUT2D eigenvalue weighted by molar-refractivity contribution is -0.120. The van der Waals surface area contributed by atoms with Crippen LogP contribution in [0.2, 0.25) is 0 Å². The Hall–Kier alpha value is -1.06. The van der Waals surface area contributed by atoms with E-state index in [0.717, 1.165) is 19.3 Å². The molecule has 0 aromatic rings. The average molecular weight is 157 g/mol. The number of unbranched alkanes of at least 4 members (excludes halogenated alkanes) is 2. The van der Waals surface area contributed by atoms with Crippen LogP contribution in [-0.4, -0.2) is 11.9 Å². The molecule has 3 N–H and O–H groups in total. The minimum Gasteiger partial charge on any atom is -0.351 e. The van der Waals surface area contributed by atoms with Gasteiger partial charge < -0.3 is 5.73 Å². The molecule has 0 atom stereocenters. The molecule has 0 fully saturated rings. The van der Waals surface area contributed by atoms with Crippen LogP contribution in [0.25, 0.3) is 0 Å². The van der Waals surface area contributed by atoms with E-state index >= 15 is 0 Å². The van der Waals surface area contributed by atoms with Crippen molar-refractivity contribution in [1.82, 2.24) is 5.32 Å². The van der Waals surface area contributed by atoms with Gasteiger partial charge in [-0.25, -0.2) is 4.79 Å². The van der Waals surface area contributed by atoms with Crippen molar-refractivity contribution >= 4 is 11.9 Å². The van der Waals surface area contributed by atoms with E-state index in [9.17, 15) is 9.59 Å². The van der Waals surface area contributed by atoms with Crippen LogP contribution in [0.15, 0.2) is 0 Å². The normalized spacial score (nSPS) is 9.18. The Bertz CT molecular complexity index is 145. The first kappa shape index (κ1) is 9.94. The Morgan fingerprint density at radius 3 is 2.45 bits per heavy atom. The summed E-state index contributed by atoms with van der Waals surface area (Å²) in [6.45, 7) is 3.62. The van der Waals surface area contributed by atoms with Gasteiger partial charge in [0, 0.05) is 6.42 Å². The topological polar surface area (TPSA) is 72.2 Å². The molecule has 0 rings (SSSR count). The minimum atomic E-state index is -0.787. The van der Waals surface area contributed by atoms with Crippen molar-refractivity contribution in [3.05, 3.63) is 6.92 Å². The second kappa shape index (κ2) is 5.70. The second-order valence-corrected chi connectivity index (χ2v) is 2.22. The van der Waals surface area contributed by atoms with Gasteiger partial charge in [-0.1, -0.05) is 19.8 Å². The third kappa shape index (κ3) is 6.83. The van der Waals surface area contributed by atoms with Crippen LogP contribution in [0.3, 0.4) is 0 Å². The Morgan fingerprint density at radius 2 is 2.00 bits per heavy atom. The summed E-state index contributed by atoms with van der Waals surface area (Å²) < 4.78 is 0. The highest BCUT2D eigenvalue weighted by molar-refractivity contribution is 5.93. The summed E-state index contributed by atoms with van der Waals surface area (Å²) in [6.07, 6.45) is 2.80. The summed E-state index contributed by atoms with van der Waals surface area (Å²) in [6, 6.07) is -0.787. The van der Waals surface area contributed by atoms with Crippen LogP contribution in [0.5, 0.6) is 0 Å². The van der Waals surface area contributed by atoms with E-state index in [2.05, 4.69) is 6.92 Å². The number of nitrogens with two attached hydrogens (primary N) is 1. The highest BCUT2D eigenvalue weighted by atomic mass is 16.2. The number of rotatable bonds is 4. The third-order valence-corrected chi connectivity index (χ3v) is 1.17. The average Bonchev–Trinajstić information content (AvgIpc) is 1.86. The fourth-order valence-electron chi connectivity index (χ4n) is 0.662. The van der Waals surface area contributed by atoms with Gasteiger partial charge in [0.15, 0.2) is 0 Å². The van der Waals surface area contributed by atoms with Gasteiger partial charge in [0.05, 0.1) is 0 Å². The van der Waals surface area contributed by atoms with Crippen LogP contribution in [0.1, 0.15) is 25.7 Å². The van der Waals surface area contributed by atoms with Crippen molar-refractivity contribution in [2.24, 2.45) is 5.73 Å². The number of hydrogen-bond acceptors (Lipinski definition) is 2. The molecule has 63 valence electrons. The standard InChI is InChI=1S/C7H13N2O2/c1-2-3-4-5-6(10)9-7(8)11/h1-5H2,(H3,8,9,10,11). The van der Waals surface area contributed by atoms with Crippen LogP contribution in [-0.2, 0) is 4.79 Å². The first-order chi connectivity index (χ1) is 5.16. The van der Waals surface area contributed by atoms with E-state index in [4.69, 9.17) is 5.73 Å². The number of amides is 3. The highest BCUT2D eigenvalue weighted by Crippen LogP contribution is 1.97. The SMILES string of the molecule is [CH2]CCCCC(=O)NC(N)=O. The molecule has 0 spiro atoms. The molecule has 4 nitrogen and oxygen atoms in total. The molecule has 4 heteroatoms. The van der Waals surface area contributed by atoms with E-state index in [0.29, 0.717) is 6.42 Å². The molecule has 11 heavy (non-hydrogen) atoms. The third-order valence-electron chi connectivity index (χ3n) is 1.17. The highest BCUT2D eigenvalue weighted by Gasteiger charge is 2.01. The minimum absolute atomic E-state index is 0.314. The molecule has 3 amide bonds. The smallest absolute Gasteiger partial charge is 0.318 e. The molecule has 0 bridgehead atoms. The maximum atomic E-state index is 10.7. The number of carbonyl (C=O) groups excluding carboxylic acids is 2. The fourth-order valence-corrected chi connectivity index (χ4v) is 0.662. The maximum absolute atomic E-state index is 10.7. The van der Waals surface area contributed by atoms with Crippen molar-refractivity contribution in [3.63, 3.8) is 0 Å². The summed E-state index contributed by atoms with van der Waals surface area (Å²) in [7, 11) is 0. The zero-order valence-electron chi connectivity index (χ0n) is 6.43. The largest absolute Gasteiger partial charge is 0.351 e. The van der Waals surface area contributed by atoms with Crippen LogP contribution >= 0.6 is 0 Å². The number of imide groups is 1. The molecule has 0 aliphatic heterocycles. The van der Waals surface area contributed by atoms with Crippen molar-refractivity contribution in [2.45, 2.75) is 25.7 Å². The van der Waals surface area contributed by atoms with Gasteiger partial charge >= 0.3 is 6.03 Å². The number of primary amides is 1. The van der Waals surface area contributed by atoms with Gasteiger partial charge in [0.25, 0.3) is 0 Å². The summed E-state index contributed by atoms with van der Waals surface area (Å²) >= 11 is 0. The summed E-state index contributed by atoms with van der Waals surface area (Å²) in [5.41, 5.74) is 4.71. The van der Waals surface area contributed by atoms with Gasteiger partial charge in [0.1, 0.15) is 0 Å². The number of hydrogen-bond donors (Lipinski definition) is 2. The fraction of sp³-hybridized carbons (Fsp3) is 0.571. The van der Waals surface area contributed by atoms with Crippen molar-refractivity contribution in [2.75, 3.05) is 0 Å². The monoisotopic (exact) mass is 157 g/mol. The van der Waals surface area contributed by atoms with E-state index in [1.165, 1.54) is 0 Å². The van der Waals surface area contributed by atoms with Crippen LogP contribution < -0.4 is 11.1 Å². The molecular weight excluding hydrogens is 144 g/mol. The van der Waals surface area contributed by atoms with Crippen LogP contribution in [0.4, 0.5) is 4.79 Å². The predicted molar refractivity (Wildman–Crippen MR) is 41.6 cm³/mol. The Labute approximate surface area is 66.1 Å². The summed E-state index contributed by atoms with van der Waals surface area (Å²) in [5, 5.41) is 1.98. The zero-order valence-corrected chi connectivity index (χ0v) is 6.43. The zero-order chi connectivity index (χ0) is 8.69. The van der Waals surface area contributed by atoms with Crippen LogP contribution in [0, 0.1) is 6.92 Å². The Morgan fingerprint density at radius 1 is 1.36 bits per heavy atom. The van der Waals surface area contributed by atoms with Gasteiger partial charge in [-0.05, 0) is 6.42 Å². The molecule has 0 unspecified atom stereocenters. The van der Waals surface area contributed by atoms with Crippen molar-refractivity contribution in [1.29, 1.82) is 0 Å². The molecule has 0 aliphatic rings. The lowest BCUT2D eigenvalue weighted by Gasteiger charge is -1.98. The summed E-state index contributed by atoms with van der Waals surface area (Å²) in [4.78, 5) is 20.8. The quantitative estimate of drug-likeness (QED) is 0.586. The van der Waals surface area contributed by atoms with E-state index < -0.39 is 6.03 Å². The van der Waals surface area contributed by atoms with E-state index in [-0.39, 0.29) is 5.91 Å². The second-order valence-electron chi connectivity index (χ2n) is 2.22. The first-order valence-corrected chi connectivity index (χ1v) is 3.55. The molecule has 1 radical (unpaired) electrons. The molecule has 0 saturated heterocycles. The van der Waals surface area contributed by atoms with Gasteiger partial charge in [-0.2, -0.15) is 0 Å². The Kier molecular flexibility index (Phi) is 5.15. The van der Waals surface area contributed by atoms with Crippen molar-refractivity contribution in [3.8, 4) is 0 Å². The molecular formula is C7H13N2O2. The number of carbonyl (C=O) groups is 2. The number of nitrogens with one attached hydrogen (secondary N) is 1. The van der Waals surface area contributed by atoms with Gasteiger partial charge in [0.2, 0.25) is 5.91 Å². The Balaban J connectivity index is 3.30. The molecule has 0 aliphatic carbocycles. The van der Waals surface area contributed by atoms with Gasteiger partial charge in [-0.15, -0.1) is 0 Å². The van der Waals surface area contributed by atoms with E-state index in [1.807, 2.05) is 5.32 Å². The molecule has 0 aromatic carbocycles. The van der Waals surface area contributed by atoms with E-state index in [1.54, 1.807) is 0 Å². The maximum Gasteiger partial charge on any atom is 0.318 e. The number of urea groups is 1. The summed E-state index contributed by atoms with van der Waals surface area (Å²) in [5.74, 6) is -0.314. The lowest BCUT2D eigenvalue weighted by atomic mass is 10.2. The molecule has 0 aromatic heterocycles. The predicted octanol–water partition coefficient (Wildman–Crippen LogP) is 0.576. The molecule has 0 saturated carbocycles. The van der Waals surface area contributed by atoms with Crippen molar-refractivity contribution < 1.29 is 9.59 Å². The lowest BCUT2D eigenvalue weighted by Crippen LogP contribution is -2.34. The van der Waals surface area contributed by atoms with Gasteiger partial charge in [-0.3, -0.25) is 10.1 Å². The first-order valence-electron chi connectivity index (χ1n) is 3.55. The molecule has 0 heterocycles.